The van der Waals surface area contributed by atoms with Crippen molar-refractivity contribution in [2.24, 2.45) is 10.4 Å². The molecule has 210 valence electrons. The van der Waals surface area contributed by atoms with Crippen molar-refractivity contribution in [3.05, 3.63) is 48.2 Å². The molecule has 12 heteroatoms. The van der Waals surface area contributed by atoms with Crippen LogP contribution in [0.4, 0.5) is 10.3 Å². The monoisotopic (exact) mass is 548 g/mol. The highest BCUT2D eigenvalue weighted by molar-refractivity contribution is 5.83. The lowest BCUT2D eigenvalue weighted by Crippen LogP contribution is -2.49. The summed E-state index contributed by atoms with van der Waals surface area (Å²) >= 11 is 0. The van der Waals surface area contributed by atoms with E-state index in [-0.39, 0.29) is 31.0 Å². The number of benzene rings is 1. The molecule has 1 aromatic carbocycles. The van der Waals surface area contributed by atoms with E-state index in [1.807, 2.05) is 13.3 Å². The summed E-state index contributed by atoms with van der Waals surface area (Å²) in [6.07, 6.45) is 5.74. The largest absolute Gasteiger partial charge is 0.361 e. The maximum Gasteiger partial charge on any atom is 0.230 e. The molecule has 1 amide bonds. The highest BCUT2D eigenvalue weighted by atomic mass is 19.1. The number of carbonyl (C=O) groups excluding carboxylic acids is 1. The summed E-state index contributed by atoms with van der Waals surface area (Å²) in [5, 5.41) is 6.32. The van der Waals surface area contributed by atoms with Gasteiger partial charge in [0.25, 0.3) is 0 Å². The van der Waals surface area contributed by atoms with Crippen LogP contribution in [0, 0.1) is 11.2 Å². The Labute approximate surface area is 231 Å². The van der Waals surface area contributed by atoms with Crippen molar-refractivity contribution in [3.63, 3.8) is 0 Å². The lowest BCUT2D eigenvalue weighted by Gasteiger charge is -2.35. The molecule has 0 radical (unpaired) electrons. The van der Waals surface area contributed by atoms with Crippen LogP contribution in [0.2, 0.25) is 0 Å². The quantitative estimate of drug-likeness (QED) is 0.330. The molecular weight excluding hydrogens is 515 g/mol. The fourth-order valence-electron chi connectivity index (χ4n) is 4.64. The smallest absolute Gasteiger partial charge is 0.230 e. The van der Waals surface area contributed by atoms with Gasteiger partial charge < -0.3 is 30.0 Å². The number of aromatic nitrogens is 4. The second-order valence-electron chi connectivity index (χ2n) is 10.7. The molecular formula is C28H33FN8O3. The topological polar surface area (TPSA) is 130 Å². The number of amides is 1. The fourth-order valence-corrected chi connectivity index (χ4v) is 4.64. The number of ether oxygens (including phenoxy) is 2. The third-order valence-corrected chi connectivity index (χ3v) is 7.21. The Morgan fingerprint density at radius 2 is 1.98 bits per heavy atom. The molecule has 0 bridgehead atoms. The summed E-state index contributed by atoms with van der Waals surface area (Å²) in [5.41, 5.74) is 1.77. The zero-order valence-corrected chi connectivity index (χ0v) is 22.4. The first kappa shape index (κ1) is 26.3. The van der Waals surface area contributed by atoms with Gasteiger partial charge in [0.2, 0.25) is 18.1 Å². The number of hydrogen-bond acceptors (Lipinski definition) is 9. The van der Waals surface area contributed by atoms with Gasteiger partial charge in [-0.05, 0) is 56.5 Å². The molecule has 2 aromatic heterocycles. The first-order chi connectivity index (χ1) is 19.5. The summed E-state index contributed by atoms with van der Waals surface area (Å²) in [6.45, 7) is 5.68. The number of anilines is 1. The molecule has 0 atom stereocenters. The number of nitrogens with one attached hydrogen (secondary N) is 3. The lowest BCUT2D eigenvalue weighted by molar-refractivity contribution is -0.231. The molecule has 3 N–H and O–H groups in total. The van der Waals surface area contributed by atoms with Crippen LogP contribution in [0.5, 0.6) is 0 Å². The predicted molar refractivity (Wildman–Crippen MR) is 147 cm³/mol. The van der Waals surface area contributed by atoms with E-state index in [1.54, 1.807) is 24.4 Å². The summed E-state index contributed by atoms with van der Waals surface area (Å²) in [6, 6.07) is 8.18. The Kier molecular flexibility index (Phi) is 7.44. The molecule has 2 fully saturated rings. The molecule has 2 aliphatic heterocycles. The zero-order chi connectivity index (χ0) is 27.5. The maximum absolute atomic E-state index is 13.7. The maximum atomic E-state index is 13.7. The second kappa shape index (κ2) is 11.3. The van der Waals surface area contributed by atoms with Crippen molar-refractivity contribution in [1.29, 1.82) is 0 Å². The Balaban J connectivity index is 1.19. The van der Waals surface area contributed by atoms with Crippen LogP contribution in [0.15, 0.2) is 41.5 Å². The van der Waals surface area contributed by atoms with Gasteiger partial charge in [-0.1, -0.05) is 0 Å². The molecule has 1 saturated heterocycles. The van der Waals surface area contributed by atoms with Crippen LogP contribution in [0.3, 0.4) is 0 Å². The number of halogens is 1. The van der Waals surface area contributed by atoms with E-state index in [1.165, 1.54) is 12.1 Å². The van der Waals surface area contributed by atoms with Gasteiger partial charge >= 0.3 is 0 Å². The van der Waals surface area contributed by atoms with E-state index in [0.29, 0.717) is 41.0 Å². The standard InChI is InChI=1S/C28H33FN8O3/c1-28(26(38)33-20-7-8-20)15-39-25(40-16-28)24-35-22(18-3-5-19(29)6-4-18)23(36-24)21-9-11-32-27(34-21)31-10-2-13-37-14-12-30-17-37/h3-6,9,11,17,20,25H,2,7-8,10,12-16H2,1H3,(H,33,38)(H,35,36)(H,31,32,34). The molecule has 3 aromatic rings. The van der Waals surface area contributed by atoms with E-state index in [9.17, 15) is 9.18 Å². The van der Waals surface area contributed by atoms with Crippen molar-refractivity contribution in [3.8, 4) is 22.6 Å². The van der Waals surface area contributed by atoms with Gasteiger partial charge in [0.05, 0.1) is 48.6 Å². The van der Waals surface area contributed by atoms with Crippen LogP contribution in [0.25, 0.3) is 22.6 Å². The van der Waals surface area contributed by atoms with Crippen LogP contribution in [0.1, 0.15) is 38.3 Å². The molecule has 1 aliphatic carbocycles. The Hall–Kier alpha value is -3.90. The Bertz CT molecular complexity index is 1370. The average Bonchev–Trinajstić information content (AvgIpc) is 3.43. The first-order valence-corrected chi connectivity index (χ1v) is 13.7. The highest BCUT2D eigenvalue weighted by Gasteiger charge is 2.42. The molecule has 6 rings (SSSR count). The van der Waals surface area contributed by atoms with Crippen molar-refractivity contribution in [2.45, 2.75) is 38.5 Å². The van der Waals surface area contributed by atoms with Crippen LogP contribution in [-0.4, -0.2) is 82.5 Å². The minimum absolute atomic E-state index is 0.0600. The van der Waals surface area contributed by atoms with E-state index < -0.39 is 11.7 Å². The van der Waals surface area contributed by atoms with Gasteiger partial charge in [-0.15, -0.1) is 0 Å². The molecule has 4 heterocycles. The van der Waals surface area contributed by atoms with Gasteiger partial charge in [-0.3, -0.25) is 9.79 Å². The summed E-state index contributed by atoms with van der Waals surface area (Å²) in [4.78, 5) is 36.3. The Morgan fingerprint density at radius 3 is 2.70 bits per heavy atom. The molecule has 40 heavy (non-hydrogen) atoms. The molecule has 11 nitrogen and oxygen atoms in total. The van der Waals surface area contributed by atoms with E-state index in [4.69, 9.17) is 19.4 Å². The van der Waals surface area contributed by atoms with Crippen molar-refractivity contribution in [1.82, 2.24) is 30.2 Å². The van der Waals surface area contributed by atoms with E-state index in [2.05, 4.69) is 30.5 Å². The summed E-state index contributed by atoms with van der Waals surface area (Å²) in [5.74, 6) is 0.545. The van der Waals surface area contributed by atoms with Gasteiger partial charge in [0.1, 0.15) is 5.82 Å². The highest BCUT2D eigenvalue weighted by Crippen LogP contribution is 2.36. The molecule has 0 unspecified atom stereocenters. The second-order valence-corrected chi connectivity index (χ2v) is 10.7. The van der Waals surface area contributed by atoms with Gasteiger partial charge in [0.15, 0.2) is 5.82 Å². The minimum atomic E-state index is -0.789. The first-order valence-electron chi connectivity index (χ1n) is 13.7. The number of hydrogen-bond donors (Lipinski definition) is 3. The number of aromatic amines is 1. The number of rotatable bonds is 10. The van der Waals surface area contributed by atoms with Gasteiger partial charge in [-0.25, -0.2) is 19.3 Å². The van der Waals surface area contributed by atoms with Gasteiger partial charge in [-0.2, -0.15) is 0 Å². The molecule has 3 aliphatic rings. The lowest BCUT2D eigenvalue weighted by atomic mass is 9.91. The zero-order valence-electron chi connectivity index (χ0n) is 22.4. The SMILES string of the molecule is CC1(C(=O)NC2CC2)COC(c2nc(-c3ccc(F)cc3)c(-c3ccnc(NCCCN4C=NCC4)n3)[nH]2)OC1. The molecule has 0 spiro atoms. The summed E-state index contributed by atoms with van der Waals surface area (Å²) < 4.78 is 25.7. The number of aliphatic imine (C=N–C) groups is 1. The van der Waals surface area contributed by atoms with Crippen LogP contribution in [-0.2, 0) is 14.3 Å². The number of H-pyrrole nitrogens is 1. The average molecular weight is 549 g/mol. The van der Waals surface area contributed by atoms with Crippen molar-refractivity contribution >= 4 is 18.2 Å². The predicted octanol–water partition coefficient (Wildman–Crippen LogP) is 3.15. The van der Waals surface area contributed by atoms with Gasteiger partial charge in [0, 0.05) is 37.4 Å². The van der Waals surface area contributed by atoms with Crippen molar-refractivity contribution in [2.75, 3.05) is 44.7 Å². The minimum Gasteiger partial charge on any atom is -0.361 e. The fraction of sp³-hybridized carbons (Fsp3) is 0.464. The number of imidazole rings is 1. The third kappa shape index (κ3) is 5.97. The molecule has 1 saturated carbocycles. The van der Waals surface area contributed by atoms with Crippen molar-refractivity contribution < 1.29 is 18.7 Å². The Morgan fingerprint density at radius 1 is 1.18 bits per heavy atom. The number of nitrogens with zero attached hydrogens (tertiary/aromatic N) is 5. The summed E-state index contributed by atoms with van der Waals surface area (Å²) in [7, 11) is 0. The van der Waals surface area contributed by atoms with E-state index in [0.717, 1.165) is 38.9 Å². The number of carbonyl (C=O) groups is 1. The normalized spacial score (nSPS) is 22.4. The third-order valence-electron chi connectivity index (χ3n) is 7.21. The van der Waals surface area contributed by atoms with Crippen LogP contribution >= 0.6 is 0 Å². The van der Waals surface area contributed by atoms with E-state index >= 15 is 0 Å². The van der Waals surface area contributed by atoms with Crippen LogP contribution < -0.4 is 10.6 Å².